The third-order valence-electron chi connectivity index (χ3n) is 4.15. The van der Waals surface area contributed by atoms with E-state index in [1.54, 1.807) is 18.5 Å². The van der Waals surface area contributed by atoms with E-state index in [-0.39, 0.29) is 0 Å². The summed E-state index contributed by atoms with van der Waals surface area (Å²) in [6.07, 6.45) is 3.42. The van der Waals surface area contributed by atoms with Crippen molar-refractivity contribution >= 4 is 23.2 Å². The molecule has 2 N–H and O–H groups in total. The van der Waals surface area contributed by atoms with E-state index < -0.39 is 0 Å². The molecule has 4 aromatic rings. The van der Waals surface area contributed by atoms with Crippen LogP contribution < -0.4 is 5.32 Å². The van der Waals surface area contributed by atoms with E-state index in [1.165, 1.54) is 0 Å². The van der Waals surface area contributed by atoms with Crippen LogP contribution in [0.4, 0.5) is 11.6 Å². The number of anilines is 2. The van der Waals surface area contributed by atoms with E-state index in [2.05, 4.69) is 31.3 Å². The maximum absolute atomic E-state index is 9.53. The zero-order valence-corrected chi connectivity index (χ0v) is 15.7. The lowest BCUT2D eigenvalue weighted by Crippen LogP contribution is -1.99. The van der Waals surface area contributed by atoms with Gasteiger partial charge >= 0.3 is 0 Å². The van der Waals surface area contributed by atoms with Gasteiger partial charge in [-0.3, -0.25) is 0 Å². The van der Waals surface area contributed by atoms with Crippen LogP contribution in [0.25, 0.3) is 22.6 Å². The molecule has 0 saturated heterocycles. The van der Waals surface area contributed by atoms with E-state index in [4.69, 9.17) is 11.6 Å². The summed E-state index contributed by atoms with van der Waals surface area (Å²) in [4.78, 5) is 16.3. The largest absolute Gasteiger partial charge is 0.342 e. The fourth-order valence-corrected chi connectivity index (χ4v) is 2.93. The summed E-state index contributed by atoms with van der Waals surface area (Å²) in [6, 6.07) is 17.0. The topological polar surface area (TPSA) is 90.3 Å². The van der Waals surface area contributed by atoms with Crippen molar-refractivity contribution in [3.8, 4) is 28.7 Å². The van der Waals surface area contributed by atoms with Crippen LogP contribution in [0.15, 0.2) is 60.9 Å². The number of H-pyrrole nitrogens is 1. The smallest absolute Gasteiger partial charge is 0.227 e. The van der Waals surface area contributed by atoms with Gasteiger partial charge in [0, 0.05) is 39.9 Å². The average molecular weight is 387 g/mol. The summed E-state index contributed by atoms with van der Waals surface area (Å²) in [5.74, 6) is 1.11. The van der Waals surface area contributed by atoms with Gasteiger partial charge in [0.05, 0.1) is 17.3 Å². The predicted molar refractivity (Wildman–Crippen MR) is 109 cm³/mol. The quantitative estimate of drug-likeness (QED) is 0.508. The Hall–Kier alpha value is -3.69. The summed E-state index contributed by atoms with van der Waals surface area (Å²) in [5, 5.41) is 13.4. The normalized spacial score (nSPS) is 10.5. The molecule has 0 aliphatic heterocycles. The number of hydrogen-bond donors (Lipinski definition) is 2. The molecule has 0 saturated carbocycles. The fraction of sp³-hybridized carbons (Fsp3) is 0.0476. The van der Waals surface area contributed by atoms with E-state index >= 15 is 0 Å². The van der Waals surface area contributed by atoms with Crippen molar-refractivity contribution in [1.29, 1.82) is 5.26 Å². The third kappa shape index (κ3) is 3.70. The molecular weight excluding hydrogens is 372 g/mol. The van der Waals surface area contributed by atoms with Crippen LogP contribution >= 0.6 is 11.6 Å². The highest BCUT2D eigenvalue weighted by Crippen LogP contribution is 2.26. The Labute approximate surface area is 166 Å². The molecule has 136 valence electrons. The van der Waals surface area contributed by atoms with Gasteiger partial charge in [-0.25, -0.2) is 15.0 Å². The molecule has 7 heteroatoms. The average Bonchev–Trinajstić information content (AvgIpc) is 3.15. The second kappa shape index (κ2) is 7.51. The highest BCUT2D eigenvalue weighted by atomic mass is 35.5. The maximum Gasteiger partial charge on any atom is 0.227 e. The van der Waals surface area contributed by atoms with Gasteiger partial charge in [-0.2, -0.15) is 5.26 Å². The Morgan fingerprint density at radius 1 is 1.07 bits per heavy atom. The molecule has 6 nitrogen and oxygen atoms in total. The summed E-state index contributed by atoms with van der Waals surface area (Å²) in [7, 11) is 0. The van der Waals surface area contributed by atoms with E-state index in [1.807, 2.05) is 49.4 Å². The Kier molecular flexibility index (Phi) is 4.75. The number of aromatic nitrogens is 4. The molecule has 0 aliphatic rings. The molecule has 0 radical (unpaired) electrons. The van der Waals surface area contributed by atoms with Gasteiger partial charge in [0.15, 0.2) is 0 Å². The SMILES string of the molecule is Cc1cnc(-c2ccc(Nc3nccc(-c4ccc(Cl)cc4)n3)cc2C#N)[nH]1. The third-order valence-corrected chi connectivity index (χ3v) is 4.40. The van der Waals surface area contributed by atoms with Gasteiger partial charge in [0.25, 0.3) is 0 Å². The molecule has 0 amide bonds. The fourth-order valence-electron chi connectivity index (χ4n) is 2.80. The van der Waals surface area contributed by atoms with Crippen molar-refractivity contribution < 1.29 is 0 Å². The van der Waals surface area contributed by atoms with Gasteiger partial charge in [0.2, 0.25) is 5.95 Å². The molecule has 2 aromatic carbocycles. The van der Waals surface area contributed by atoms with Crippen LogP contribution in [0.2, 0.25) is 5.02 Å². The zero-order valence-electron chi connectivity index (χ0n) is 14.9. The van der Waals surface area contributed by atoms with Crippen molar-refractivity contribution in [2.45, 2.75) is 6.92 Å². The Morgan fingerprint density at radius 2 is 1.89 bits per heavy atom. The summed E-state index contributed by atoms with van der Waals surface area (Å²) < 4.78 is 0. The second-order valence-electron chi connectivity index (χ2n) is 6.18. The van der Waals surface area contributed by atoms with Gasteiger partial charge in [-0.15, -0.1) is 0 Å². The van der Waals surface area contributed by atoms with Crippen LogP contribution in [-0.2, 0) is 0 Å². The van der Waals surface area contributed by atoms with Gasteiger partial charge < -0.3 is 10.3 Å². The highest BCUT2D eigenvalue weighted by molar-refractivity contribution is 6.30. The maximum atomic E-state index is 9.53. The number of nitrogens with zero attached hydrogens (tertiary/aromatic N) is 4. The van der Waals surface area contributed by atoms with Crippen molar-refractivity contribution in [3.63, 3.8) is 0 Å². The first-order valence-electron chi connectivity index (χ1n) is 8.54. The molecule has 4 rings (SSSR count). The molecule has 28 heavy (non-hydrogen) atoms. The number of rotatable bonds is 4. The predicted octanol–water partition coefficient (Wildman–Crippen LogP) is 5.11. The lowest BCUT2D eigenvalue weighted by atomic mass is 10.1. The van der Waals surface area contributed by atoms with E-state index in [0.717, 1.165) is 28.2 Å². The van der Waals surface area contributed by atoms with Crippen molar-refractivity contribution in [3.05, 3.63) is 77.2 Å². The summed E-state index contributed by atoms with van der Waals surface area (Å²) in [5.41, 5.74) is 4.63. The first kappa shape index (κ1) is 17.7. The molecule has 2 aromatic heterocycles. The molecule has 0 fully saturated rings. The standard InChI is InChI=1S/C21H15ClN6/c1-13-12-25-20(26-13)18-7-6-17(10-15(18)11-23)27-21-24-9-8-19(28-21)14-2-4-16(22)5-3-14/h2-10,12H,1H3,(H,25,26)(H,24,27,28). The minimum Gasteiger partial charge on any atom is -0.342 e. The number of aryl methyl sites for hydroxylation is 1. The van der Waals surface area contributed by atoms with Gasteiger partial charge in [-0.05, 0) is 43.3 Å². The number of benzene rings is 2. The molecule has 2 heterocycles. The Morgan fingerprint density at radius 3 is 2.61 bits per heavy atom. The Balaban J connectivity index is 1.62. The van der Waals surface area contributed by atoms with E-state index in [0.29, 0.717) is 22.4 Å². The molecule has 0 unspecified atom stereocenters. The minimum absolute atomic E-state index is 0.443. The number of halogens is 1. The number of hydrogen-bond acceptors (Lipinski definition) is 5. The van der Waals surface area contributed by atoms with Crippen molar-refractivity contribution in [2.75, 3.05) is 5.32 Å². The molecule has 0 spiro atoms. The van der Waals surface area contributed by atoms with Gasteiger partial charge in [-0.1, -0.05) is 23.7 Å². The highest BCUT2D eigenvalue weighted by Gasteiger charge is 2.10. The zero-order chi connectivity index (χ0) is 19.5. The lowest BCUT2D eigenvalue weighted by molar-refractivity contribution is 1.17. The van der Waals surface area contributed by atoms with Crippen LogP contribution in [0.3, 0.4) is 0 Å². The number of nitrogens with one attached hydrogen (secondary N) is 2. The van der Waals surface area contributed by atoms with Crippen LogP contribution in [0, 0.1) is 18.3 Å². The summed E-state index contributed by atoms with van der Waals surface area (Å²) in [6.45, 7) is 1.92. The van der Waals surface area contributed by atoms with Crippen molar-refractivity contribution in [2.24, 2.45) is 0 Å². The van der Waals surface area contributed by atoms with Crippen LogP contribution in [-0.4, -0.2) is 19.9 Å². The lowest BCUT2D eigenvalue weighted by Gasteiger charge is -2.09. The minimum atomic E-state index is 0.443. The van der Waals surface area contributed by atoms with Gasteiger partial charge in [0.1, 0.15) is 5.82 Å². The number of aromatic amines is 1. The first-order valence-corrected chi connectivity index (χ1v) is 8.92. The molecule has 0 bridgehead atoms. The molecular formula is C21H15ClN6. The number of imidazole rings is 1. The van der Waals surface area contributed by atoms with Crippen molar-refractivity contribution in [1.82, 2.24) is 19.9 Å². The second-order valence-corrected chi connectivity index (χ2v) is 6.62. The van der Waals surface area contributed by atoms with E-state index in [9.17, 15) is 5.26 Å². The van der Waals surface area contributed by atoms with Crippen LogP contribution in [0.5, 0.6) is 0 Å². The molecule has 0 atom stereocenters. The monoisotopic (exact) mass is 386 g/mol. The molecule has 0 aliphatic carbocycles. The Bertz CT molecular complexity index is 1170. The van der Waals surface area contributed by atoms with Crippen LogP contribution in [0.1, 0.15) is 11.3 Å². The summed E-state index contributed by atoms with van der Waals surface area (Å²) >= 11 is 5.95. The number of nitriles is 1. The first-order chi connectivity index (χ1) is 13.6.